The number of aryl methyl sites for hydroxylation is 1. The van der Waals surface area contributed by atoms with Crippen molar-refractivity contribution in [2.75, 3.05) is 11.1 Å². The van der Waals surface area contributed by atoms with Crippen LogP contribution in [0.25, 0.3) is 15.9 Å². The van der Waals surface area contributed by atoms with Crippen LogP contribution in [0, 0.1) is 12.7 Å². The largest absolute Gasteiger partial charge is 0.360 e. The molecule has 4 rings (SSSR count). The highest BCUT2D eigenvalue weighted by molar-refractivity contribution is 7.99. The summed E-state index contributed by atoms with van der Waals surface area (Å²) in [5, 5.41) is 8.45. The number of thiophene rings is 1. The lowest BCUT2D eigenvalue weighted by molar-refractivity contribution is -0.113. The zero-order valence-corrected chi connectivity index (χ0v) is 16.1. The van der Waals surface area contributed by atoms with Gasteiger partial charge in [0.15, 0.2) is 11.0 Å². The maximum atomic E-state index is 13.3. The minimum absolute atomic E-state index is 0.00911. The van der Waals surface area contributed by atoms with Crippen molar-refractivity contribution in [3.63, 3.8) is 0 Å². The quantitative estimate of drug-likeness (QED) is 0.395. The lowest BCUT2D eigenvalue weighted by atomic mass is 10.3. The smallest absolute Gasteiger partial charge is 0.276 e. The van der Waals surface area contributed by atoms with Gasteiger partial charge in [0, 0.05) is 6.07 Å². The molecule has 7 nitrogen and oxygen atoms in total. The number of rotatable bonds is 5. The van der Waals surface area contributed by atoms with Crippen LogP contribution in [-0.2, 0) is 4.79 Å². The van der Waals surface area contributed by atoms with Crippen molar-refractivity contribution in [2.24, 2.45) is 0 Å². The number of fused-ring (bicyclic) bond motifs is 1. The van der Waals surface area contributed by atoms with Crippen molar-refractivity contribution in [1.82, 2.24) is 14.7 Å². The maximum absolute atomic E-state index is 13.3. The molecule has 0 spiro atoms. The molecule has 3 heterocycles. The molecule has 1 amide bonds. The van der Waals surface area contributed by atoms with Gasteiger partial charge in [0.25, 0.3) is 5.56 Å². The Labute approximate surface area is 166 Å². The van der Waals surface area contributed by atoms with E-state index in [2.05, 4.69) is 15.5 Å². The Bertz CT molecular complexity index is 1210. The van der Waals surface area contributed by atoms with Gasteiger partial charge in [-0.2, -0.15) is 0 Å². The Morgan fingerprint density at radius 2 is 2.11 bits per heavy atom. The molecule has 0 saturated carbocycles. The second-order valence-corrected chi connectivity index (χ2v) is 7.66. The fourth-order valence-corrected chi connectivity index (χ4v) is 4.11. The van der Waals surface area contributed by atoms with Gasteiger partial charge in [-0.1, -0.05) is 16.9 Å². The van der Waals surface area contributed by atoms with E-state index in [1.807, 2.05) is 0 Å². The van der Waals surface area contributed by atoms with Crippen molar-refractivity contribution in [3.8, 4) is 5.69 Å². The highest BCUT2D eigenvalue weighted by atomic mass is 32.2. The second-order valence-electron chi connectivity index (χ2n) is 5.81. The SMILES string of the molecule is Cc1cc(NC(=O)CSc2nc3ccsc3c(=O)n2-c2ccc(F)cc2)no1. The molecule has 0 aliphatic rings. The Kier molecular flexibility index (Phi) is 4.97. The topological polar surface area (TPSA) is 90.0 Å². The van der Waals surface area contributed by atoms with Gasteiger partial charge in [0.05, 0.1) is 17.0 Å². The summed E-state index contributed by atoms with van der Waals surface area (Å²) in [5.41, 5.74) is 0.772. The number of anilines is 1. The van der Waals surface area contributed by atoms with Crippen LogP contribution in [0.3, 0.4) is 0 Å². The third-order valence-corrected chi connectivity index (χ3v) is 5.59. The van der Waals surface area contributed by atoms with Crippen LogP contribution < -0.4 is 10.9 Å². The highest BCUT2D eigenvalue weighted by Crippen LogP contribution is 2.24. The number of hydrogen-bond donors (Lipinski definition) is 1. The van der Waals surface area contributed by atoms with Crippen molar-refractivity contribution in [2.45, 2.75) is 12.1 Å². The molecular formula is C18H13FN4O3S2. The molecule has 142 valence electrons. The summed E-state index contributed by atoms with van der Waals surface area (Å²) in [6.45, 7) is 1.72. The van der Waals surface area contributed by atoms with Gasteiger partial charge in [-0.25, -0.2) is 9.37 Å². The van der Waals surface area contributed by atoms with Crippen molar-refractivity contribution in [3.05, 3.63) is 63.7 Å². The number of halogens is 1. The number of carbonyl (C=O) groups is 1. The molecule has 28 heavy (non-hydrogen) atoms. The van der Waals surface area contributed by atoms with Crippen molar-refractivity contribution in [1.29, 1.82) is 0 Å². The van der Waals surface area contributed by atoms with Gasteiger partial charge in [-0.05, 0) is 42.6 Å². The molecule has 0 bridgehead atoms. The fourth-order valence-electron chi connectivity index (χ4n) is 2.54. The van der Waals surface area contributed by atoms with Crippen molar-refractivity contribution >= 4 is 45.0 Å². The average molecular weight is 416 g/mol. The van der Waals surface area contributed by atoms with E-state index < -0.39 is 5.82 Å². The summed E-state index contributed by atoms with van der Waals surface area (Å²) in [6.07, 6.45) is 0. The average Bonchev–Trinajstić information content (AvgIpc) is 3.30. The summed E-state index contributed by atoms with van der Waals surface area (Å²) >= 11 is 2.39. The lowest BCUT2D eigenvalue weighted by Gasteiger charge is -2.11. The van der Waals surface area contributed by atoms with Crippen molar-refractivity contribution < 1.29 is 13.7 Å². The summed E-state index contributed by atoms with van der Waals surface area (Å²) < 4.78 is 20.1. The van der Waals surface area contributed by atoms with Crippen LogP contribution in [0.5, 0.6) is 0 Å². The minimum atomic E-state index is -0.404. The van der Waals surface area contributed by atoms with E-state index in [4.69, 9.17) is 4.52 Å². The van der Waals surface area contributed by atoms with Crippen LogP contribution in [0.4, 0.5) is 10.2 Å². The van der Waals surface area contributed by atoms with E-state index in [0.717, 1.165) is 11.8 Å². The Morgan fingerprint density at radius 1 is 1.32 bits per heavy atom. The standard InChI is InChI=1S/C18H13FN4O3S2/c1-10-8-14(22-26-10)21-15(24)9-28-18-20-13-6-7-27-16(13)17(25)23(18)12-4-2-11(19)3-5-12/h2-8H,9H2,1H3,(H,21,22,24). The number of thioether (sulfide) groups is 1. The molecule has 10 heteroatoms. The zero-order chi connectivity index (χ0) is 19.7. The number of carbonyl (C=O) groups excluding carboxylic acids is 1. The van der Waals surface area contributed by atoms with Gasteiger partial charge in [-0.3, -0.25) is 14.2 Å². The second kappa shape index (κ2) is 7.56. The van der Waals surface area contributed by atoms with Crippen LogP contribution in [0.15, 0.2) is 56.3 Å². The summed E-state index contributed by atoms with van der Waals surface area (Å²) in [6, 6.07) is 8.90. The number of nitrogens with one attached hydrogen (secondary N) is 1. The lowest BCUT2D eigenvalue weighted by Crippen LogP contribution is -2.22. The molecule has 3 aromatic heterocycles. The molecule has 0 radical (unpaired) electrons. The predicted molar refractivity (Wildman–Crippen MR) is 106 cm³/mol. The number of aromatic nitrogens is 3. The van der Waals surface area contributed by atoms with E-state index in [9.17, 15) is 14.0 Å². The van der Waals surface area contributed by atoms with Gasteiger partial charge in [0.2, 0.25) is 5.91 Å². The molecule has 0 saturated heterocycles. The molecule has 1 N–H and O–H groups in total. The van der Waals surface area contributed by atoms with Gasteiger partial charge < -0.3 is 9.84 Å². The molecular weight excluding hydrogens is 403 g/mol. The van der Waals surface area contributed by atoms with E-state index in [1.54, 1.807) is 24.4 Å². The third-order valence-electron chi connectivity index (χ3n) is 3.76. The van der Waals surface area contributed by atoms with E-state index in [-0.39, 0.29) is 17.2 Å². The highest BCUT2D eigenvalue weighted by Gasteiger charge is 2.16. The van der Waals surface area contributed by atoms with Gasteiger partial charge >= 0.3 is 0 Å². The monoisotopic (exact) mass is 416 g/mol. The van der Waals surface area contributed by atoms with Crippen LogP contribution >= 0.6 is 23.1 Å². The van der Waals surface area contributed by atoms with Gasteiger partial charge in [-0.15, -0.1) is 11.3 Å². The van der Waals surface area contributed by atoms with Crippen LogP contribution in [0.2, 0.25) is 0 Å². The Balaban J connectivity index is 1.65. The Hall–Kier alpha value is -2.98. The first-order valence-corrected chi connectivity index (χ1v) is 10.00. The first-order valence-electron chi connectivity index (χ1n) is 8.13. The normalized spacial score (nSPS) is 11.1. The summed E-state index contributed by atoms with van der Waals surface area (Å²) in [4.78, 5) is 29.7. The predicted octanol–water partition coefficient (Wildman–Crippen LogP) is 3.61. The first kappa shape index (κ1) is 18.4. The minimum Gasteiger partial charge on any atom is -0.360 e. The number of benzene rings is 1. The number of amides is 1. The molecule has 0 unspecified atom stereocenters. The van der Waals surface area contributed by atoms with Gasteiger partial charge in [0.1, 0.15) is 16.3 Å². The molecule has 0 aliphatic heterocycles. The number of nitrogens with zero attached hydrogens (tertiary/aromatic N) is 3. The van der Waals surface area contributed by atoms with E-state index in [0.29, 0.717) is 32.6 Å². The zero-order valence-electron chi connectivity index (χ0n) is 14.5. The molecule has 1 aromatic carbocycles. The third kappa shape index (κ3) is 3.69. The van der Waals surface area contributed by atoms with E-state index in [1.165, 1.54) is 40.2 Å². The molecule has 0 fully saturated rings. The first-order chi connectivity index (χ1) is 13.5. The molecule has 0 aliphatic carbocycles. The number of hydrogen-bond acceptors (Lipinski definition) is 7. The van der Waals surface area contributed by atoms with Crippen LogP contribution in [-0.4, -0.2) is 26.4 Å². The van der Waals surface area contributed by atoms with Crippen LogP contribution in [0.1, 0.15) is 5.76 Å². The maximum Gasteiger partial charge on any atom is 0.276 e. The summed E-state index contributed by atoms with van der Waals surface area (Å²) in [5.74, 6) is 0.190. The Morgan fingerprint density at radius 3 is 2.82 bits per heavy atom. The molecule has 0 atom stereocenters. The van der Waals surface area contributed by atoms with E-state index >= 15 is 0 Å². The fraction of sp³-hybridized carbons (Fsp3) is 0.111. The summed E-state index contributed by atoms with van der Waals surface area (Å²) in [7, 11) is 0. The molecule has 4 aromatic rings.